The van der Waals surface area contributed by atoms with Gasteiger partial charge in [0.15, 0.2) is 0 Å². The summed E-state index contributed by atoms with van der Waals surface area (Å²) in [6, 6.07) is 0. The molecule has 16 heavy (non-hydrogen) atoms. The van der Waals surface area contributed by atoms with Gasteiger partial charge < -0.3 is 22.8 Å². The van der Waals surface area contributed by atoms with Crippen molar-refractivity contribution >= 4 is 21.4 Å². The first kappa shape index (κ1) is 16.4. The average molecular weight is 270 g/mol. The van der Waals surface area contributed by atoms with Crippen molar-refractivity contribution in [1.29, 1.82) is 0 Å². The van der Waals surface area contributed by atoms with Crippen LogP contribution in [0.25, 0.3) is 0 Å². The highest BCUT2D eigenvalue weighted by Gasteiger charge is 2.41. The van der Waals surface area contributed by atoms with E-state index in [0.29, 0.717) is 32.0 Å². The minimum Gasteiger partial charge on any atom is -0.372 e. The molecule has 0 aliphatic heterocycles. The Labute approximate surface area is 104 Å². The zero-order valence-corrected chi connectivity index (χ0v) is 12.1. The molecule has 0 saturated heterocycles. The van der Waals surface area contributed by atoms with E-state index in [0.717, 1.165) is 0 Å². The second-order valence-electron chi connectivity index (χ2n) is 2.78. The molecule has 0 saturated carbocycles. The van der Waals surface area contributed by atoms with E-state index in [1.54, 1.807) is 0 Å². The predicted octanol–water partition coefficient (Wildman–Crippen LogP) is 1.45. The minimum atomic E-state index is -2.67. The zero-order chi connectivity index (χ0) is 12.3. The number of rotatable bonds is 11. The molecule has 0 bridgehead atoms. The molecule has 0 atom stereocenters. The standard InChI is InChI=1S/C9H22O5SSi/c1-4-12-16(13-5-2,14-6-3)9-11-7-10-8-15/h15H,4-9H2,1-3H3. The monoisotopic (exact) mass is 270 g/mol. The van der Waals surface area contributed by atoms with Crippen molar-refractivity contribution in [2.24, 2.45) is 0 Å². The molecule has 0 aromatic carbocycles. The predicted molar refractivity (Wildman–Crippen MR) is 66.4 cm³/mol. The normalized spacial score (nSPS) is 12.0. The van der Waals surface area contributed by atoms with E-state index in [1.807, 2.05) is 20.8 Å². The van der Waals surface area contributed by atoms with Crippen LogP contribution < -0.4 is 0 Å². The summed E-state index contributed by atoms with van der Waals surface area (Å²) < 4.78 is 27.0. The van der Waals surface area contributed by atoms with Crippen LogP contribution in [0.2, 0.25) is 0 Å². The van der Waals surface area contributed by atoms with Crippen LogP contribution in [0.4, 0.5) is 0 Å². The van der Waals surface area contributed by atoms with Gasteiger partial charge in [0.25, 0.3) is 0 Å². The lowest BCUT2D eigenvalue weighted by atomic mass is 10.9. The molecule has 0 aromatic rings. The third kappa shape index (κ3) is 6.84. The molecule has 0 aliphatic rings. The second kappa shape index (κ2) is 10.5. The molecule has 0 unspecified atom stereocenters. The molecule has 0 radical (unpaired) electrons. The van der Waals surface area contributed by atoms with Gasteiger partial charge in [-0.2, -0.15) is 12.6 Å². The van der Waals surface area contributed by atoms with Gasteiger partial charge in [-0.1, -0.05) is 0 Å². The van der Waals surface area contributed by atoms with Gasteiger partial charge in [-0.15, -0.1) is 0 Å². The van der Waals surface area contributed by atoms with Crippen LogP contribution in [0.1, 0.15) is 20.8 Å². The molecular weight excluding hydrogens is 248 g/mol. The van der Waals surface area contributed by atoms with Gasteiger partial charge in [0.2, 0.25) is 0 Å². The van der Waals surface area contributed by atoms with Crippen LogP contribution in [0.5, 0.6) is 0 Å². The van der Waals surface area contributed by atoms with E-state index in [2.05, 4.69) is 12.6 Å². The quantitative estimate of drug-likeness (QED) is 0.266. The smallest absolute Gasteiger partial charge is 0.372 e. The van der Waals surface area contributed by atoms with Gasteiger partial charge in [0, 0.05) is 19.8 Å². The van der Waals surface area contributed by atoms with Crippen molar-refractivity contribution in [3.05, 3.63) is 0 Å². The molecule has 0 amide bonds. The third-order valence-corrected chi connectivity index (χ3v) is 4.56. The highest BCUT2D eigenvalue weighted by molar-refractivity contribution is 7.80. The van der Waals surface area contributed by atoms with E-state index in [4.69, 9.17) is 22.8 Å². The van der Waals surface area contributed by atoms with Crippen molar-refractivity contribution in [2.45, 2.75) is 20.8 Å². The van der Waals surface area contributed by atoms with Gasteiger partial charge in [-0.05, 0) is 20.8 Å². The fourth-order valence-electron chi connectivity index (χ4n) is 1.17. The maximum atomic E-state index is 5.59. The maximum Gasteiger partial charge on any atom is 0.528 e. The molecule has 0 N–H and O–H groups in total. The van der Waals surface area contributed by atoms with Gasteiger partial charge in [-0.25, -0.2) is 0 Å². The lowest BCUT2D eigenvalue weighted by Crippen LogP contribution is -2.51. The van der Waals surface area contributed by atoms with Crippen LogP contribution >= 0.6 is 12.6 Å². The highest BCUT2D eigenvalue weighted by Crippen LogP contribution is 2.10. The summed E-state index contributed by atoms with van der Waals surface area (Å²) >= 11 is 3.91. The Morgan fingerprint density at radius 1 is 0.875 bits per heavy atom. The summed E-state index contributed by atoms with van der Waals surface area (Å²) in [6.45, 7) is 7.53. The van der Waals surface area contributed by atoms with Crippen LogP contribution in [0.3, 0.4) is 0 Å². The van der Waals surface area contributed by atoms with Crippen LogP contribution in [0, 0.1) is 0 Å². The van der Waals surface area contributed by atoms with Crippen molar-refractivity contribution < 1.29 is 22.8 Å². The lowest BCUT2D eigenvalue weighted by molar-refractivity contribution is -0.0470. The number of ether oxygens (including phenoxy) is 2. The van der Waals surface area contributed by atoms with Crippen LogP contribution in [0.15, 0.2) is 0 Å². The number of hydrogen-bond acceptors (Lipinski definition) is 6. The minimum absolute atomic E-state index is 0.172. The van der Waals surface area contributed by atoms with E-state index in [-0.39, 0.29) is 6.79 Å². The number of hydrogen-bond donors (Lipinski definition) is 1. The van der Waals surface area contributed by atoms with Gasteiger partial charge in [0.1, 0.15) is 13.0 Å². The largest absolute Gasteiger partial charge is 0.528 e. The molecule has 0 heterocycles. The van der Waals surface area contributed by atoms with E-state index >= 15 is 0 Å². The Hall–Kier alpha value is 0.367. The maximum absolute atomic E-state index is 5.59. The van der Waals surface area contributed by atoms with Gasteiger partial charge in [0.05, 0.1) is 5.94 Å². The lowest BCUT2D eigenvalue weighted by Gasteiger charge is -2.27. The molecule has 0 rings (SSSR count). The summed E-state index contributed by atoms with van der Waals surface area (Å²) in [5.41, 5.74) is 0. The fourth-order valence-corrected chi connectivity index (χ4v) is 3.40. The van der Waals surface area contributed by atoms with Gasteiger partial charge in [-0.3, -0.25) is 0 Å². The van der Waals surface area contributed by atoms with E-state index in [1.165, 1.54) is 0 Å². The molecular formula is C9H22O5SSi. The Morgan fingerprint density at radius 2 is 1.38 bits per heavy atom. The van der Waals surface area contributed by atoms with E-state index < -0.39 is 8.80 Å². The molecule has 98 valence electrons. The second-order valence-corrected chi connectivity index (χ2v) is 5.56. The van der Waals surface area contributed by atoms with Gasteiger partial charge >= 0.3 is 8.80 Å². The van der Waals surface area contributed by atoms with Crippen molar-refractivity contribution in [1.82, 2.24) is 0 Å². The summed E-state index contributed by atoms with van der Waals surface area (Å²) in [6.07, 6.45) is 0.302. The number of thiol groups is 1. The average Bonchev–Trinajstić information content (AvgIpc) is 2.26. The summed E-state index contributed by atoms with van der Waals surface area (Å²) in [5, 5.41) is 0. The summed E-state index contributed by atoms with van der Waals surface area (Å²) in [4.78, 5) is 0. The molecule has 0 spiro atoms. The first-order valence-corrected chi connectivity index (χ1v) is 7.99. The first-order chi connectivity index (χ1) is 7.74. The SMILES string of the molecule is CCO[Si](COCOCS)(OCC)OCC. The Balaban J connectivity index is 4.12. The van der Waals surface area contributed by atoms with Crippen molar-refractivity contribution in [2.75, 3.05) is 38.8 Å². The molecule has 5 nitrogen and oxygen atoms in total. The molecule has 0 aromatic heterocycles. The Bertz CT molecular complexity index is 144. The summed E-state index contributed by atoms with van der Waals surface area (Å²) in [7, 11) is -2.67. The van der Waals surface area contributed by atoms with Crippen LogP contribution in [-0.2, 0) is 22.8 Å². The first-order valence-electron chi connectivity index (χ1n) is 5.42. The third-order valence-electron chi connectivity index (χ3n) is 1.63. The van der Waals surface area contributed by atoms with Crippen LogP contribution in [-0.4, -0.2) is 47.6 Å². The molecule has 0 aliphatic carbocycles. The topological polar surface area (TPSA) is 46.2 Å². The van der Waals surface area contributed by atoms with Crippen molar-refractivity contribution in [3.8, 4) is 0 Å². The zero-order valence-electron chi connectivity index (χ0n) is 10.2. The molecule has 0 fully saturated rings. The van der Waals surface area contributed by atoms with E-state index in [9.17, 15) is 0 Å². The molecule has 7 heteroatoms. The fraction of sp³-hybridized carbons (Fsp3) is 1.00. The van der Waals surface area contributed by atoms with Crippen molar-refractivity contribution in [3.63, 3.8) is 0 Å². The summed E-state index contributed by atoms with van der Waals surface area (Å²) in [5.74, 6) is 0.326. The Morgan fingerprint density at radius 3 is 1.75 bits per heavy atom. The highest BCUT2D eigenvalue weighted by atomic mass is 32.1. The Kier molecular flexibility index (Phi) is 10.8.